The van der Waals surface area contributed by atoms with Crippen LogP contribution in [-0.2, 0) is 10.0 Å². The lowest BCUT2D eigenvalue weighted by atomic mass is 10.0. The van der Waals surface area contributed by atoms with Gasteiger partial charge in [-0.25, -0.2) is 18.1 Å². The number of hydrogen-bond acceptors (Lipinski definition) is 4. The first-order valence-corrected chi connectivity index (χ1v) is 9.30. The Morgan fingerprint density at radius 2 is 2.04 bits per heavy atom. The van der Waals surface area contributed by atoms with Crippen LogP contribution in [0.3, 0.4) is 0 Å². The summed E-state index contributed by atoms with van der Waals surface area (Å²) >= 11 is 0. The highest BCUT2D eigenvalue weighted by molar-refractivity contribution is 7.89. The molecule has 3 rings (SSSR count). The van der Waals surface area contributed by atoms with E-state index in [9.17, 15) is 13.2 Å². The number of aromatic nitrogens is 2. The van der Waals surface area contributed by atoms with E-state index < -0.39 is 10.0 Å². The molecule has 0 unspecified atom stereocenters. The van der Waals surface area contributed by atoms with E-state index in [1.165, 1.54) is 19.2 Å². The zero-order valence-electron chi connectivity index (χ0n) is 13.4. The summed E-state index contributed by atoms with van der Waals surface area (Å²) in [4.78, 5) is 18.7. The fourth-order valence-electron chi connectivity index (χ4n) is 2.95. The Morgan fingerprint density at radius 3 is 2.67 bits per heavy atom. The summed E-state index contributed by atoms with van der Waals surface area (Å²) in [6, 6.07) is 6.27. The summed E-state index contributed by atoms with van der Waals surface area (Å²) in [5.74, 6) is -0.0757. The number of hydrogen-bond donors (Lipinski definition) is 1. The van der Waals surface area contributed by atoms with Crippen molar-refractivity contribution >= 4 is 15.9 Å². The summed E-state index contributed by atoms with van der Waals surface area (Å²) in [6.45, 7) is 1.34. The van der Waals surface area contributed by atoms with Crippen molar-refractivity contribution in [1.29, 1.82) is 0 Å². The third-order valence-electron chi connectivity index (χ3n) is 4.31. The van der Waals surface area contributed by atoms with Crippen molar-refractivity contribution in [2.24, 2.45) is 0 Å². The first kappa shape index (κ1) is 16.7. The van der Waals surface area contributed by atoms with Crippen molar-refractivity contribution in [2.75, 3.05) is 20.1 Å². The van der Waals surface area contributed by atoms with Crippen molar-refractivity contribution in [1.82, 2.24) is 19.2 Å². The first-order valence-electron chi connectivity index (χ1n) is 7.81. The van der Waals surface area contributed by atoms with Crippen LogP contribution < -0.4 is 4.72 Å². The molecule has 0 radical (unpaired) electrons. The van der Waals surface area contributed by atoms with Crippen molar-refractivity contribution < 1.29 is 13.2 Å². The van der Waals surface area contributed by atoms with Gasteiger partial charge in [-0.15, -0.1) is 0 Å². The molecule has 0 aliphatic carbocycles. The van der Waals surface area contributed by atoms with Gasteiger partial charge in [-0.05, 0) is 44.2 Å². The summed E-state index contributed by atoms with van der Waals surface area (Å²) in [6.07, 6.45) is 7.37. The Bertz CT molecular complexity index is 800. The number of carbonyl (C=O) groups is 1. The maximum atomic E-state index is 12.7. The largest absolute Gasteiger partial charge is 0.337 e. The molecule has 1 fully saturated rings. The molecule has 1 aromatic carbocycles. The highest BCUT2D eigenvalue weighted by Crippen LogP contribution is 2.23. The molecule has 2 heterocycles. The maximum Gasteiger partial charge on any atom is 0.253 e. The summed E-state index contributed by atoms with van der Waals surface area (Å²) in [5.41, 5.74) is 0.497. The van der Waals surface area contributed by atoms with Gasteiger partial charge in [-0.1, -0.05) is 0 Å². The molecule has 2 aromatic rings. The number of benzene rings is 1. The number of nitrogens with one attached hydrogen (secondary N) is 1. The lowest BCUT2D eigenvalue weighted by Crippen LogP contribution is -2.40. The standard InChI is InChI=1S/C16H20N4O3S/c1-17-24(22,23)15-6-4-13(5-7-15)16(21)19-9-2-3-14(11-19)20-10-8-18-12-20/h4-8,10,12,14,17H,2-3,9,11H2,1H3/t14-/m0/s1. The fourth-order valence-corrected chi connectivity index (χ4v) is 3.68. The zero-order chi connectivity index (χ0) is 17.2. The number of sulfonamides is 1. The SMILES string of the molecule is CNS(=O)(=O)c1ccc(C(=O)N2CCC[C@H](n3ccnc3)C2)cc1. The predicted molar refractivity (Wildman–Crippen MR) is 89.1 cm³/mol. The monoisotopic (exact) mass is 348 g/mol. The van der Waals surface area contributed by atoms with Gasteiger partial charge in [0.1, 0.15) is 0 Å². The van der Waals surface area contributed by atoms with E-state index in [4.69, 9.17) is 0 Å². The molecular weight excluding hydrogens is 328 g/mol. The molecule has 0 spiro atoms. The second-order valence-electron chi connectivity index (χ2n) is 5.79. The fraction of sp³-hybridized carbons (Fsp3) is 0.375. The van der Waals surface area contributed by atoms with Crippen LogP contribution in [0.5, 0.6) is 0 Å². The molecule has 8 heteroatoms. The van der Waals surface area contributed by atoms with Crippen LogP contribution in [0, 0.1) is 0 Å². The van der Waals surface area contributed by atoms with Crippen LogP contribution in [0.25, 0.3) is 0 Å². The maximum absolute atomic E-state index is 12.7. The van der Waals surface area contributed by atoms with Gasteiger partial charge in [0.25, 0.3) is 5.91 Å². The van der Waals surface area contributed by atoms with Crippen molar-refractivity contribution in [2.45, 2.75) is 23.8 Å². The van der Waals surface area contributed by atoms with Gasteiger partial charge in [-0.3, -0.25) is 4.79 Å². The molecule has 1 atom stereocenters. The molecule has 0 saturated carbocycles. The Hall–Kier alpha value is -2.19. The van der Waals surface area contributed by atoms with E-state index in [1.54, 1.807) is 24.7 Å². The number of likely N-dealkylation sites (tertiary alicyclic amines) is 1. The van der Waals surface area contributed by atoms with Gasteiger partial charge < -0.3 is 9.47 Å². The second-order valence-corrected chi connectivity index (χ2v) is 7.68. The lowest BCUT2D eigenvalue weighted by Gasteiger charge is -2.33. The Balaban J connectivity index is 1.74. The molecule has 1 amide bonds. The molecule has 1 aliphatic heterocycles. The van der Waals surface area contributed by atoms with E-state index in [0.29, 0.717) is 18.7 Å². The van der Waals surface area contributed by atoms with Crippen LogP contribution in [0.1, 0.15) is 29.2 Å². The van der Waals surface area contributed by atoms with Crippen molar-refractivity contribution in [3.63, 3.8) is 0 Å². The van der Waals surface area contributed by atoms with E-state index in [-0.39, 0.29) is 16.8 Å². The third kappa shape index (κ3) is 3.34. The molecule has 1 saturated heterocycles. The van der Waals surface area contributed by atoms with Gasteiger partial charge in [0.15, 0.2) is 0 Å². The molecule has 1 N–H and O–H groups in total. The number of imidazole rings is 1. The average Bonchev–Trinajstić information content (AvgIpc) is 3.16. The van der Waals surface area contributed by atoms with Gasteiger partial charge >= 0.3 is 0 Å². The Labute approximate surface area is 141 Å². The summed E-state index contributed by atoms with van der Waals surface area (Å²) in [7, 11) is -2.13. The van der Waals surface area contributed by atoms with Crippen molar-refractivity contribution in [3.8, 4) is 0 Å². The minimum Gasteiger partial charge on any atom is -0.337 e. The molecule has 1 aromatic heterocycles. The average molecular weight is 348 g/mol. The highest BCUT2D eigenvalue weighted by atomic mass is 32.2. The summed E-state index contributed by atoms with van der Waals surface area (Å²) < 4.78 is 27.8. The van der Waals surface area contributed by atoms with E-state index in [0.717, 1.165) is 12.8 Å². The normalized spacial score (nSPS) is 18.5. The van der Waals surface area contributed by atoms with Gasteiger partial charge in [0, 0.05) is 31.0 Å². The number of carbonyl (C=O) groups excluding carboxylic acids is 1. The molecule has 7 nitrogen and oxygen atoms in total. The third-order valence-corrected chi connectivity index (χ3v) is 5.74. The van der Waals surface area contributed by atoms with Gasteiger partial charge in [0.2, 0.25) is 10.0 Å². The molecule has 1 aliphatic rings. The molecular formula is C16H20N4O3S. The number of amides is 1. The number of piperidine rings is 1. The number of nitrogens with zero attached hydrogens (tertiary/aromatic N) is 3. The van der Waals surface area contributed by atoms with Crippen LogP contribution >= 0.6 is 0 Å². The van der Waals surface area contributed by atoms with Crippen LogP contribution in [0.15, 0.2) is 47.9 Å². The minimum absolute atomic E-state index is 0.0757. The van der Waals surface area contributed by atoms with E-state index in [1.807, 2.05) is 15.7 Å². The molecule has 0 bridgehead atoms. The van der Waals surface area contributed by atoms with Gasteiger partial charge in [0.05, 0.1) is 17.3 Å². The Morgan fingerprint density at radius 1 is 1.29 bits per heavy atom. The summed E-state index contributed by atoms with van der Waals surface area (Å²) in [5, 5.41) is 0. The Kier molecular flexibility index (Phi) is 4.68. The minimum atomic E-state index is -3.49. The zero-order valence-corrected chi connectivity index (χ0v) is 14.2. The smallest absolute Gasteiger partial charge is 0.253 e. The predicted octanol–water partition coefficient (Wildman–Crippen LogP) is 1.27. The second kappa shape index (κ2) is 6.74. The first-order chi connectivity index (χ1) is 11.5. The topological polar surface area (TPSA) is 84.3 Å². The van der Waals surface area contributed by atoms with Crippen LogP contribution in [-0.4, -0.2) is 48.9 Å². The molecule has 128 valence electrons. The van der Waals surface area contributed by atoms with E-state index >= 15 is 0 Å². The quantitative estimate of drug-likeness (QED) is 0.902. The molecule has 24 heavy (non-hydrogen) atoms. The van der Waals surface area contributed by atoms with Gasteiger partial charge in [-0.2, -0.15) is 0 Å². The van der Waals surface area contributed by atoms with Crippen LogP contribution in [0.2, 0.25) is 0 Å². The van der Waals surface area contributed by atoms with Crippen LogP contribution in [0.4, 0.5) is 0 Å². The van der Waals surface area contributed by atoms with Crippen molar-refractivity contribution in [3.05, 3.63) is 48.5 Å². The highest BCUT2D eigenvalue weighted by Gasteiger charge is 2.25. The number of rotatable bonds is 4. The van der Waals surface area contributed by atoms with E-state index in [2.05, 4.69) is 9.71 Å². The lowest BCUT2D eigenvalue weighted by molar-refractivity contribution is 0.0679.